The van der Waals surface area contributed by atoms with Crippen molar-refractivity contribution in [1.29, 1.82) is 0 Å². The maximum Gasteiger partial charge on any atom is 0.266 e. The van der Waals surface area contributed by atoms with Crippen molar-refractivity contribution in [1.82, 2.24) is 4.98 Å². The fourth-order valence-electron chi connectivity index (χ4n) is 1.09. The minimum Gasteiger partial charge on any atom is -0.437 e. The molecule has 72 valence electrons. The molecule has 0 fully saturated rings. The summed E-state index contributed by atoms with van der Waals surface area (Å²) < 4.78 is 30.2. The van der Waals surface area contributed by atoms with Gasteiger partial charge in [-0.25, -0.2) is 8.78 Å². The van der Waals surface area contributed by atoms with Gasteiger partial charge in [0.05, 0.1) is 5.69 Å². The van der Waals surface area contributed by atoms with E-state index >= 15 is 0 Å². The maximum atomic E-state index is 12.8. The number of hydrogen-bond acceptors (Lipinski definition) is 2. The van der Waals surface area contributed by atoms with E-state index in [1.165, 1.54) is 12.3 Å². The molecule has 0 amide bonds. The van der Waals surface area contributed by atoms with Gasteiger partial charge in [-0.05, 0) is 30.4 Å². The van der Waals surface area contributed by atoms with Gasteiger partial charge in [-0.1, -0.05) is 0 Å². The Bertz CT molecular complexity index is 518. The third-order valence-electron chi connectivity index (χ3n) is 1.75. The van der Waals surface area contributed by atoms with Crippen LogP contribution in [0.15, 0.2) is 28.9 Å². The third kappa shape index (κ3) is 1.58. The first-order valence-electron chi connectivity index (χ1n) is 3.80. The normalized spacial score (nSPS) is 10.4. The van der Waals surface area contributed by atoms with Gasteiger partial charge < -0.3 is 9.40 Å². The lowest BCUT2D eigenvalue weighted by Crippen LogP contribution is -1.85. The quantitative estimate of drug-likeness (QED) is 0.736. The van der Waals surface area contributed by atoms with Crippen molar-refractivity contribution in [3.05, 3.63) is 40.9 Å². The molecule has 1 N–H and O–H groups in total. The molecule has 1 aromatic heterocycles. The van der Waals surface area contributed by atoms with Gasteiger partial charge in [0.2, 0.25) is 0 Å². The van der Waals surface area contributed by atoms with E-state index in [1.807, 2.05) is 0 Å². The fraction of sp³-hybridized carbons (Fsp3) is 0. The molecule has 0 spiro atoms. The molecule has 0 aliphatic heterocycles. The average molecular weight is 213 g/mol. The Labute approximate surface area is 83.2 Å². The first kappa shape index (κ1) is 9.08. The number of benzene rings is 1. The number of halogens is 2. The Morgan fingerprint density at radius 1 is 1.21 bits per heavy atom. The molecule has 0 radical (unpaired) electrons. The zero-order chi connectivity index (χ0) is 10.1. The second-order valence-electron chi connectivity index (χ2n) is 2.69. The molecule has 2 rings (SSSR count). The van der Waals surface area contributed by atoms with Crippen LogP contribution < -0.4 is 0 Å². The zero-order valence-electron chi connectivity index (χ0n) is 6.88. The molecule has 2 aromatic rings. The maximum absolute atomic E-state index is 12.8. The second kappa shape index (κ2) is 3.34. The minimum absolute atomic E-state index is 0.199. The van der Waals surface area contributed by atoms with E-state index in [9.17, 15) is 8.78 Å². The molecule has 0 saturated heterocycles. The molecule has 0 unspecified atom stereocenters. The highest BCUT2D eigenvalue weighted by Crippen LogP contribution is 2.19. The highest BCUT2D eigenvalue weighted by atomic mass is 32.1. The van der Waals surface area contributed by atoms with E-state index in [4.69, 9.17) is 16.6 Å². The predicted molar refractivity (Wildman–Crippen MR) is 49.2 cm³/mol. The van der Waals surface area contributed by atoms with Crippen molar-refractivity contribution in [2.45, 2.75) is 0 Å². The number of oxazole rings is 1. The van der Waals surface area contributed by atoms with Crippen LogP contribution in [0.5, 0.6) is 0 Å². The lowest BCUT2D eigenvalue weighted by atomic mass is 10.2. The molecule has 0 saturated carbocycles. The van der Waals surface area contributed by atoms with E-state index in [0.717, 1.165) is 12.1 Å². The standard InChI is InChI=1S/C9H5F2NOS/c10-6-2-1-5(3-7(6)11)8-4-13-9(14)12-8/h1-4H,(H,12,14). The predicted octanol–water partition coefficient (Wildman–Crippen LogP) is 3.28. The SMILES string of the molecule is Fc1ccc(-c2coc(=S)[nH]2)cc1F. The van der Waals surface area contributed by atoms with Gasteiger partial charge in [0.1, 0.15) is 6.26 Å². The lowest BCUT2D eigenvalue weighted by molar-refractivity contribution is 0.509. The third-order valence-corrected chi connectivity index (χ3v) is 1.95. The number of H-pyrrole nitrogens is 1. The molecule has 0 bridgehead atoms. The highest BCUT2D eigenvalue weighted by Gasteiger charge is 2.05. The Balaban J connectivity index is 2.52. The van der Waals surface area contributed by atoms with Crippen molar-refractivity contribution < 1.29 is 13.2 Å². The largest absolute Gasteiger partial charge is 0.437 e. The molecule has 0 aliphatic carbocycles. The number of aromatic nitrogens is 1. The van der Waals surface area contributed by atoms with Crippen LogP contribution in [0.25, 0.3) is 11.3 Å². The number of aromatic amines is 1. The summed E-state index contributed by atoms with van der Waals surface area (Å²) in [4.78, 5) is 2.90. The van der Waals surface area contributed by atoms with E-state index in [1.54, 1.807) is 0 Å². The van der Waals surface area contributed by atoms with Gasteiger partial charge in [0, 0.05) is 5.56 Å². The van der Waals surface area contributed by atoms with Gasteiger partial charge in [-0.3, -0.25) is 0 Å². The van der Waals surface area contributed by atoms with Crippen molar-refractivity contribution >= 4 is 12.2 Å². The second-order valence-corrected chi connectivity index (χ2v) is 3.06. The van der Waals surface area contributed by atoms with E-state index in [-0.39, 0.29) is 4.84 Å². The van der Waals surface area contributed by atoms with Crippen LogP contribution in [0.3, 0.4) is 0 Å². The van der Waals surface area contributed by atoms with Crippen LogP contribution >= 0.6 is 12.2 Å². The van der Waals surface area contributed by atoms with Crippen molar-refractivity contribution in [2.24, 2.45) is 0 Å². The molecule has 1 heterocycles. The van der Waals surface area contributed by atoms with Crippen LogP contribution in [-0.2, 0) is 0 Å². The first-order chi connectivity index (χ1) is 6.66. The van der Waals surface area contributed by atoms with E-state index < -0.39 is 11.6 Å². The Hall–Kier alpha value is -1.49. The van der Waals surface area contributed by atoms with Gasteiger partial charge in [0.15, 0.2) is 11.6 Å². The van der Waals surface area contributed by atoms with Gasteiger partial charge in [-0.2, -0.15) is 0 Å². The Morgan fingerprint density at radius 3 is 2.57 bits per heavy atom. The van der Waals surface area contributed by atoms with Gasteiger partial charge in [0.25, 0.3) is 4.84 Å². The van der Waals surface area contributed by atoms with Crippen LogP contribution in [-0.4, -0.2) is 4.98 Å². The first-order valence-corrected chi connectivity index (χ1v) is 4.21. The van der Waals surface area contributed by atoms with Gasteiger partial charge >= 0.3 is 0 Å². The average Bonchev–Trinajstić information content (AvgIpc) is 2.57. The molecule has 0 atom stereocenters. The van der Waals surface area contributed by atoms with Crippen molar-refractivity contribution in [2.75, 3.05) is 0 Å². The summed E-state index contributed by atoms with van der Waals surface area (Å²) in [5.74, 6) is -1.78. The zero-order valence-corrected chi connectivity index (χ0v) is 7.70. The number of rotatable bonds is 1. The van der Waals surface area contributed by atoms with Crippen LogP contribution in [0.4, 0.5) is 8.78 Å². The highest BCUT2D eigenvalue weighted by molar-refractivity contribution is 7.71. The summed E-state index contributed by atoms with van der Waals surface area (Å²) in [5, 5.41) is 0. The minimum atomic E-state index is -0.900. The summed E-state index contributed by atoms with van der Waals surface area (Å²) in [6.07, 6.45) is 1.36. The summed E-state index contributed by atoms with van der Waals surface area (Å²) in [5.41, 5.74) is 1.01. The fourth-order valence-corrected chi connectivity index (χ4v) is 1.24. The Morgan fingerprint density at radius 2 is 2.00 bits per heavy atom. The van der Waals surface area contributed by atoms with Crippen LogP contribution in [0.2, 0.25) is 0 Å². The molecule has 14 heavy (non-hydrogen) atoms. The number of nitrogens with one attached hydrogen (secondary N) is 1. The molecule has 5 heteroatoms. The molecular formula is C9H5F2NOS. The van der Waals surface area contributed by atoms with E-state index in [2.05, 4.69) is 4.98 Å². The van der Waals surface area contributed by atoms with Crippen molar-refractivity contribution in [3.8, 4) is 11.3 Å². The lowest BCUT2D eigenvalue weighted by Gasteiger charge is -1.96. The summed E-state index contributed by atoms with van der Waals surface area (Å²) >= 11 is 4.70. The summed E-state index contributed by atoms with van der Waals surface area (Å²) in [6, 6.07) is 3.56. The van der Waals surface area contributed by atoms with Crippen molar-refractivity contribution in [3.63, 3.8) is 0 Å². The smallest absolute Gasteiger partial charge is 0.266 e. The Kier molecular flexibility index (Phi) is 2.17. The van der Waals surface area contributed by atoms with Crippen LogP contribution in [0.1, 0.15) is 0 Å². The molecule has 1 aromatic carbocycles. The summed E-state index contributed by atoms with van der Waals surface area (Å²) in [7, 11) is 0. The van der Waals surface area contributed by atoms with Gasteiger partial charge in [-0.15, -0.1) is 0 Å². The topological polar surface area (TPSA) is 28.9 Å². The monoisotopic (exact) mass is 213 g/mol. The van der Waals surface area contributed by atoms with Crippen LogP contribution in [0, 0.1) is 16.5 Å². The molecule has 2 nitrogen and oxygen atoms in total. The number of hydrogen-bond donors (Lipinski definition) is 1. The molecule has 0 aliphatic rings. The molecular weight excluding hydrogens is 208 g/mol. The van der Waals surface area contributed by atoms with E-state index in [0.29, 0.717) is 11.3 Å². The summed E-state index contributed by atoms with van der Waals surface area (Å²) in [6.45, 7) is 0.